The first-order chi connectivity index (χ1) is 8.63. The second-order valence-electron chi connectivity index (χ2n) is 4.64. The summed E-state index contributed by atoms with van der Waals surface area (Å²) in [6.07, 6.45) is 4.75. The van der Waals surface area contributed by atoms with Crippen molar-refractivity contribution in [3.8, 4) is 0 Å². The molecule has 0 radical (unpaired) electrons. The molecule has 1 rings (SSSR count). The van der Waals surface area contributed by atoms with Gasteiger partial charge in [0.25, 0.3) is 0 Å². The van der Waals surface area contributed by atoms with Gasteiger partial charge >= 0.3 is 12.0 Å². The molecule has 18 heavy (non-hydrogen) atoms. The van der Waals surface area contributed by atoms with Gasteiger partial charge in [-0.15, -0.1) is 0 Å². The van der Waals surface area contributed by atoms with Gasteiger partial charge in [0.1, 0.15) is 6.54 Å². The van der Waals surface area contributed by atoms with Gasteiger partial charge in [-0.25, -0.2) is 4.79 Å². The van der Waals surface area contributed by atoms with Crippen molar-refractivity contribution in [2.24, 2.45) is 5.92 Å². The monoisotopic (exact) mass is 258 g/mol. The summed E-state index contributed by atoms with van der Waals surface area (Å²) in [6.45, 7) is 0.977. The number of carbonyl (C=O) groups excluding carboxylic acids is 1. The number of ether oxygens (including phenoxy) is 1. The molecule has 104 valence electrons. The highest BCUT2D eigenvalue weighted by molar-refractivity contribution is 5.80. The molecule has 1 saturated carbocycles. The zero-order chi connectivity index (χ0) is 13.4. The Labute approximate surface area is 107 Å². The molecule has 0 unspecified atom stereocenters. The number of methoxy groups -OCH3 is 1. The minimum Gasteiger partial charge on any atom is -0.480 e. The first-order valence-electron chi connectivity index (χ1n) is 6.37. The Morgan fingerprint density at radius 3 is 2.61 bits per heavy atom. The fraction of sp³-hybridized carbons (Fsp3) is 0.833. The molecule has 0 aromatic rings. The molecule has 0 aliphatic heterocycles. The molecule has 0 spiro atoms. The predicted molar refractivity (Wildman–Crippen MR) is 66.4 cm³/mol. The Hall–Kier alpha value is -1.30. The lowest BCUT2D eigenvalue weighted by Crippen LogP contribution is -2.45. The van der Waals surface area contributed by atoms with Crippen LogP contribution in [-0.4, -0.2) is 55.4 Å². The Kier molecular flexibility index (Phi) is 6.49. The predicted octanol–water partition coefficient (Wildman–Crippen LogP) is 0.919. The van der Waals surface area contributed by atoms with Crippen molar-refractivity contribution in [1.82, 2.24) is 10.2 Å². The standard InChI is InChI=1S/C12H22N2O4/c1-18-7-6-14(9-11(15)16)12(17)13-8-10-4-2-3-5-10/h10H,2-9H2,1H3,(H,13,17)(H,15,16). The van der Waals surface area contributed by atoms with Crippen molar-refractivity contribution in [1.29, 1.82) is 0 Å². The molecule has 2 amide bonds. The van der Waals surface area contributed by atoms with Crippen LogP contribution in [0.1, 0.15) is 25.7 Å². The zero-order valence-corrected chi connectivity index (χ0v) is 10.9. The van der Waals surface area contributed by atoms with Crippen molar-refractivity contribution in [3.05, 3.63) is 0 Å². The third-order valence-electron chi connectivity index (χ3n) is 3.20. The van der Waals surface area contributed by atoms with E-state index in [4.69, 9.17) is 9.84 Å². The normalized spacial score (nSPS) is 15.6. The van der Waals surface area contributed by atoms with Gasteiger partial charge < -0.3 is 20.1 Å². The van der Waals surface area contributed by atoms with Gasteiger partial charge in [0, 0.05) is 20.2 Å². The number of carboxylic acid groups (broad SMARTS) is 1. The Morgan fingerprint density at radius 1 is 1.39 bits per heavy atom. The summed E-state index contributed by atoms with van der Waals surface area (Å²) < 4.78 is 4.87. The van der Waals surface area contributed by atoms with E-state index in [1.54, 1.807) is 0 Å². The van der Waals surface area contributed by atoms with Crippen LogP contribution in [0.15, 0.2) is 0 Å². The summed E-state index contributed by atoms with van der Waals surface area (Å²) >= 11 is 0. The first-order valence-corrected chi connectivity index (χ1v) is 6.37. The van der Waals surface area contributed by atoms with E-state index in [0.29, 0.717) is 25.6 Å². The van der Waals surface area contributed by atoms with Gasteiger partial charge in [-0.1, -0.05) is 12.8 Å². The lowest BCUT2D eigenvalue weighted by atomic mass is 10.1. The van der Waals surface area contributed by atoms with Crippen LogP contribution in [-0.2, 0) is 9.53 Å². The van der Waals surface area contributed by atoms with E-state index in [9.17, 15) is 9.59 Å². The molecule has 0 atom stereocenters. The number of aliphatic carboxylic acids is 1. The van der Waals surface area contributed by atoms with Crippen LogP contribution >= 0.6 is 0 Å². The van der Waals surface area contributed by atoms with Crippen molar-refractivity contribution in [2.45, 2.75) is 25.7 Å². The van der Waals surface area contributed by atoms with Gasteiger partial charge in [-0.3, -0.25) is 4.79 Å². The highest BCUT2D eigenvalue weighted by Crippen LogP contribution is 2.23. The quantitative estimate of drug-likeness (QED) is 0.711. The summed E-state index contributed by atoms with van der Waals surface area (Å²) in [6, 6.07) is -0.318. The van der Waals surface area contributed by atoms with E-state index >= 15 is 0 Å². The molecule has 1 aliphatic carbocycles. The fourth-order valence-electron chi connectivity index (χ4n) is 2.18. The van der Waals surface area contributed by atoms with E-state index in [-0.39, 0.29) is 12.6 Å². The highest BCUT2D eigenvalue weighted by Gasteiger charge is 2.19. The number of carbonyl (C=O) groups is 2. The SMILES string of the molecule is COCCN(CC(=O)O)C(=O)NCC1CCCC1. The summed E-state index contributed by atoms with van der Waals surface area (Å²) in [4.78, 5) is 23.8. The van der Waals surface area contributed by atoms with Crippen LogP contribution in [0.2, 0.25) is 0 Å². The molecule has 0 heterocycles. The molecule has 2 N–H and O–H groups in total. The van der Waals surface area contributed by atoms with Crippen LogP contribution in [0, 0.1) is 5.92 Å². The number of urea groups is 1. The van der Waals surface area contributed by atoms with Gasteiger partial charge in [-0.05, 0) is 18.8 Å². The molecule has 0 aromatic heterocycles. The second-order valence-corrected chi connectivity index (χ2v) is 4.64. The average Bonchev–Trinajstić information content (AvgIpc) is 2.84. The van der Waals surface area contributed by atoms with E-state index < -0.39 is 5.97 Å². The number of hydrogen-bond donors (Lipinski definition) is 2. The second kappa shape index (κ2) is 7.92. The highest BCUT2D eigenvalue weighted by atomic mass is 16.5. The van der Waals surface area contributed by atoms with Crippen molar-refractivity contribution in [2.75, 3.05) is 33.4 Å². The van der Waals surface area contributed by atoms with Crippen LogP contribution < -0.4 is 5.32 Å². The maximum absolute atomic E-state index is 11.8. The maximum Gasteiger partial charge on any atom is 0.323 e. The number of carboxylic acids is 1. The molecule has 0 aromatic carbocycles. The molecular formula is C12H22N2O4. The average molecular weight is 258 g/mol. The summed E-state index contributed by atoms with van der Waals surface area (Å²) in [7, 11) is 1.52. The molecule has 6 heteroatoms. The number of nitrogens with zero attached hydrogens (tertiary/aromatic N) is 1. The molecule has 0 saturated heterocycles. The number of amides is 2. The van der Waals surface area contributed by atoms with Crippen LogP contribution in [0.25, 0.3) is 0 Å². The molecular weight excluding hydrogens is 236 g/mol. The third-order valence-corrected chi connectivity index (χ3v) is 3.20. The molecule has 0 bridgehead atoms. The van der Waals surface area contributed by atoms with Gasteiger partial charge in [-0.2, -0.15) is 0 Å². The third kappa shape index (κ3) is 5.35. The lowest BCUT2D eigenvalue weighted by molar-refractivity contribution is -0.137. The van der Waals surface area contributed by atoms with Crippen molar-refractivity contribution in [3.63, 3.8) is 0 Å². The smallest absolute Gasteiger partial charge is 0.323 e. The van der Waals surface area contributed by atoms with Crippen LogP contribution in [0.4, 0.5) is 4.79 Å². The van der Waals surface area contributed by atoms with Gasteiger partial charge in [0.15, 0.2) is 0 Å². The summed E-state index contributed by atoms with van der Waals surface area (Å²) in [5, 5.41) is 11.6. The van der Waals surface area contributed by atoms with Crippen LogP contribution in [0.5, 0.6) is 0 Å². The maximum atomic E-state index is 11.8. The summed E-state index contributed by atoms with van der Waals surface area (Å²) in [5.74, 6) is -0.467. The summed E-state index contributed by atoms with van der Waals surface area (Å²) in [5.41, 5.74) is 0. The van der Waals surface area contributed by atoms with E-state index in [1.165, 1.54) is 24.9 Å². The number of hydrogen-bond acceptors (Lipinski definition) is 3. The van der Waals surface area contributed by atoms with Gasteiger partial charge in [0.05, 0.1) is 6.61 Å². The van der Waals surface area contributed by atoms with E-state index in [1.807, 2.05) is 0 Å². The van der Waals surface area contributed by atoms with Crippen molar-refractivity contribution < 1.29 is 19.4 Å². The van der Waals surface area contributed by atoms with Crippen LogP contribution in [0.3, 0.4) is 0 Å². The largest absolute Gasteiger partial charge is 0.480 e. The van der Waals surface area contributed by atoms with Crippen molar-refractivity contribution >= 4 is 12.0 Å². The van der Waals surface area contributed by atoms with E-state index in [2.05, 4.69) is 5.32 Å². The van der Waals surface area contributed by atoms with Gasteiger partial charge in [0.2, 0.25) is 0 Å². The lowest BCUT2D eigenvalue weighted by Gasteiger charge is -2.21. The zero-order valence-electron chi connectivity index (χ0n) is 10.9. The molecule has 6 nitrogen and oxygen atoms in total. The first kappa shape index (κ1) is 14.8. The molecule has 1 aliphatic rings. The molecule has 1 fully saturated rings. The number of rotatable bonds is 7. The van der Waals surface area contributed by atoms with E-state index in [0.717, 1.165) is 12.8 Å². The minimum absolute atomic E-state index is 0.291. The Bertz CT molecular complexity index is 277. The topological polar surface area (TPSA) is 78.9 Å². The minimum atomic E-state index is -1.01. The fourth-order valence-corrected chi connectivity index (χ4v) is 2.18. The number of nitrogens with one attached hydrogen (secondary N) is 1. The Morgan fingerprint density at radius 2 is 2.06 bits per heavy atom. The Balaban J connectivity index is 2.34.